The molecule has 5 rings (SSSR count). The van der Waals surface area contributed by atoms with Gasteiger partial charge < -0.3 is 10.6 Å². The van der Waals surface area contributed by atoms with Crippen molar-refractivity contribution in [3.05, 3.63) is 52.8 Å². The zero-order valence-corrected chi connectivity index (χ0v) is 15.5. The number of piperidine rings is 1. The Labute approximate surface area is 157 Å². The number of rotatable bonds is 3. The average Bonchev–Trinajstić information content (AvgIpc) is 3.29. The summed E-state index contributed by atoms with van der Waals surface area (Å²) in [6.07, 6.45) is 4.18. The van der Waals surface area contributed by atoms with Crippen molar-refractivity contribution in [3.63, 3.8) is 0 Å². The van der Waals surface area contributed by atoms with Crippen LogP contribution in [-0.4, -0.2) is 34.0 Å². The molecule has 0 saturated carbocycles. The van der Waals surface area contributed by atoms with Crippen LogP contribution in [0.4, 0.5) is 5.69 Å². The predicted octanol–water partition coefficient (Wildman–Crippen LogP) is 3.02. The zero-order valence-electron chi connectivity index (χ0n) is 15.5. The second-order valence-corrected chi connectivity index (χ2v) is 7.52. The molecule has 2 aliphatic rings. The average molecular weight is 361 g/mol. The number of nitrogens with one attached hydrogen (secondary N) is 2. The highest BCUT2D eigenvalue weighted by Crippen LogP contribution is 2.35. The van der Waals surface area contributed by atoms with Crippen LogP contribution >= 0.6 is 0 Å². The minimum Gasteiger partial charge on any atom is -0.320 e. The van der Waals surface area contributed by atoms with E-state index in [0.717, 1.165) is 55.5 Å². The van der Waals surface area contributed by atoms with Crippen LogP contribution in [0, 0.1) is 6.92 Å². The normalized spacial score (nSPS) is 16.8. The second-order valence-electron chi connectivity index (χ2n) is 7.52. The van der Waals surface area contributed by atoms with Crippen LogP contribution in [0.5, 0.6) is 0 Å². The standard InChI is InChI=1S/C21H23N5O/c1-13-20(24-25-26(13)16-9-11-22-12-10-16)21(27)23-18-8-7-15-6-5-14-3-2-4-17(18)19(14)15/h2-4,7-8,16,22H,5-6,9-12H2,1H3,(H,23,27). The maximum absolute atomic E-state index is 12.9. The van der Waals surface area contributed by atoms with E-state index in [1.54, 1.807) is 0 Å². The van der Waals surface area contributed by atoms with E-state index in [1.165, 1.54) is 16.5 Å². The molecule has 1 aliphatic heterocycles. The first-order chi connectivity index (χ1) is 13.2. The van der Waals surface area contributed by atoms with Crippen molar-refractivity contribution in [2.75, 3.05) is 18.4 Å². The molecule has 6 heteroatoms. The molecule has 2 N–H and O–H groups in total. The lowest BCUT2D eigenvalue weighted by molar-refractivity contribution is 0.102. The third-order valence-corrected chi connectivity index (χ3v) is 5.92. The van der Waals surface area contributed by atoms with E-state index in [9.17, 15) is 4.79 Å². The summed E-state index contributed by atoms with van der Waals surface area (Å²) < 4.78 is 1.92. The Morgan fingerprint density at radius 3 is 2.74 bits per heavy atom. The quantitative estimate of drug-likeness (QED) is 0.752. The van der Waals surface area contributed by atoms with Gasteiger partial charge in [0.05, 0.1) is 11.7 Å². The van der Waals surface area contributed by atoms with Crippen LogP contribution in [0.1, 0.15) is 46.2 Å². The molecule has 0 bridgehead atoms. The SMILES string of the molecule is Cc1c(C(=O)Nc2ccc3c4c(cccc24)CC3)nnn1C1CCNCC1. The molecule has 6 nitrogen and oxygen atoms in total. The van der Waals surface area contributed by atoms with Gasteiger partial charge >= 0.3 is 0 Å². The van der Waals surface area contributed by atoms with E-state index < -0.39 is 0 Å². The van der Waals surface area contributed by atoms with Crippen LogP contribution in [0.2, 0.25) is 0 Å². The van der Waals surface area contributed by atoms with Crippen molar-refractivity contribution in [2.24, 2.45) is 0 Å². The van der Waals surface area contributed by atoms with Gasteiger partial charge in [0, 0.05) is 11.1 Å². The van der Waals surface area contributed by atoms with Crippen molar-refractivity contribution >= 4 is 22.4 Å². The Kier molecular flexibility index (Phi) is 3.93. The molecule has 1 fully saturated rings. The number of amides is 1. The third-order valence-electron chi connectivity index (χ3n) is 5.92. The Morgan fingerprint density at radius 2 is 1.93 bits per heavy atom. The first kappa shape index (κ1) is 16.4. The molecule has 3 aromatic rings. The smallest absolute Gasteiger partial charge is 0.278 e. The Hall–Kier alpha value is -2.73. The van der Waals surface area contributed by atoms with Crippen molar-refractivity contribution in [1.29, 1.82) is 0 Å². The van der Waals surface area contributed by atoms with E-state index in [2.05, 4.69) is 45.2 Å². The van der Waals surface area contributed by atoms with E-state index in [-0.39, 0.29) is 5.91 Å². The van der Waals surface area contributed by atoms with Gasteiger partial charge in [0.25, 0.3) is 5.91 Å². The van der Waals surface area contributed by atoms with Crippen molar-refractivity contribution in [1.82, 2.24) is 20.3 Å². The Bertz CT molecular complexity index is 1020. The van der Waals surface area contributed by atoms with Crippen molar-refractivity contribution in [2.45, 2.75) is 38.6 Å². The first-order valence-electron chi connectivity index (χ1n) is 9.69. The molecule has 0 radical (unpaired) electrons. The number of carbonyl (C=O) groups excluding carboxylic acids is 1. The van der Waals surface area contributed by atoms with Gasteiger partial charge in [0.2, 0.25) is 0 Å². The molecule has 2 heterocycles. The van der Waals surface area contributed by atoms with E-state index >= 15 is 0 Å². The second kappa shape index (κ2) is 6.46. The highest BCUT2D eigenvalue weighted by atomic mass is 16.2. The monoisotopic (exact) mass is 361 g/mol. The van der Waals surface area contributed by atoms with Gasteiger partial charge in [-0.2, -0.15) is 0 Å². The Balaban J connectivity index is 1.45. The van der Waals surface area contributed by atoms with Gasteiger partial charge in [-0.25, -0.2) is 4.68 Å². The number of carbonyl (C=O) groups is 1. The number of anilines is 1. The molecule has 2 aromatic carbocycles. The number of benzene rings is 2. The van der Waals surface area contributed by atoms with Crippen LogP contribution in [0.25, 0.3) is 10.8 Å². The summed E-state index contributed by atoms with van der Waals surface area (Å²) in [5.41, 5.74) is 4.83. The summed E-state index contributed by atoms with van der Waals surface area (Å²) >= 11 is 0. The van der Waals surface area contributed by atoms with Crippen LogP contribution in [0.15, 0.2) is 30.3 Å². The largest absolute Gasteiger partial charge is 0.320 e. The number of hydrogen-bond acceptors (Lipinski definition) is 4. The lowest BCUT2D eigenvalue weighted by Crippen LogP contribution is -2.30. The number of nitrogens with zero attached hydrogens (tertiary/aromatic N) is 3. The van der Waals surface area contributed by atoms with E-state index in [4.69, 9.17) is 0 Å². The molecule has 138 valence electrons. The van der Waals surface area contributed by atoms with Gasteiger partial charge in [-0.3, -0.25) is 4.79 Å². The number of aromatic nitrogens is 3. The van der Waals surface area contributed by atoms with Crippen LogP contribution < -0.4 is 10.6 Å². The fourth-order valence-corrected chi connectivity index (χ4v) is 4.49. The summed E-state index contributed by atoms with van der Waals surface area (Å²) in [4.78, 5) is 12.9. The lowest BCUT2D eigenvalue weighted by Gasteiger charge is -2.23. The highest BCUT2D eigenvalue weighted by Gasteiger charge is 2.24. The van der Waals surface area contributed by atoms with Crippen LogP contribution in [0.3, 0.4) is 0 Å². The molecular formula is C21H23N5O. The highest BCUT2D eigenvalue weighted by molar-refractivity contribution is 6.10. The lowest BCUT2D eigenvalue weighted by atomic mass is 10.0. The minimum atomic E-state index is -0.189. The summed E-state index contributed by atoms with van der Waals surface area (Å²) in [5, 5.41) is 17.3. The van der Waals surface area contributed by atoms with Gasteiger partial charge in [-0.1, -0.05) is 29.5 Å². The molecule has 0 unspecified atom stereocenters. The summed E-state index contributed by atoms with van der Waals surface area (Å²) in [6.45, 7) is 3.89. The summed E-state index contributed by atoms with van der Waals surface area (Å²) in [5.74, 6) is -0.189. The maximum atomic E-state index is 12.9. The Morgan fingerprint density at radius 1 is 1.15 bits per heavy atom. The summed E-state index contributed by atoms with van der Waals surface area (Å²) in [6, 6.07) is 10.8. The summed E-state index contributed by atoms with van der Waals surface area (Å²) in [7, 11) is 0. The third kappa shape index (κ3) is 2.72. The van der Waals surface area contributed by atoms with E-state index in [0.29, 0.717) is 11.7 Å². The van der Waals surface area contributed by atoms with Crippen LogP contribution in [-0.2, 0) is 12.8 Å². The topological polar surface area (TPSA) is 71.8 Å². The molecule has 0 spiro atoms. The van der Waals surface area contributed by atoms with Gasteiger partial charge in [-0.15, -0.1) is 5.10 Å². The molecular weight excluding hydrogens is 338 g/mol. The molecule has 27 heavy (non-hydrogen) atoms. The molecule has 1 amide bonds. The fourth-order valence-electron chi connectivity index (χ4n) is 4.49. The molecule has 0 atom stereocenters. The number of hydrogen-bond donors (Lipinski definition) is 2. The molecule has 1 aromatic heterocycles. The van der Waals surface area contributed by atoms with Gasteiger partial charge in [0.1, 0.15) is 0 Å². The molecule has 1 aliphatic carbocycles. The predicted molar refractivity (Wildman–Crippen MR) is 105 cm³/mol. The van der Waals surface area contributed by atoms with E-state index in [1.807, 2.05) is 17.7 Å². The fraction of sp³-hybridized carbons (Fsp3) is 0.381. The molecule has 1 saturated heterocycles. The zero-order chi connectivity index (χ0) is 18.4. The number of aryl methyl sites for hydroxylation is 2. The van der Waals surface area contributed by atoms with Gasteiger partial charge in [-0.05, 0) is 68.3 Å². The van der Waals surface area contributed by atoms with Gasteiger partial charge in [0.15, 0.2) is 5.69 Å². The first-order valence-corrected chi connectivity index (χ1v) is 9.69. The minimum absolute atomic E-state index is 0.189. The maximum Gasteiger partial charge on any atom is 0.278 e. The van der Waals surface area contributed by atoms with Crippen molar-refractivity contribution < 1.29 is 4.79 Å². The van der Waals surface area contributed by atoms with Crippen molar-refractivity contribution in [3.8, 4) is 0 Å².